The highest BCUT2D eigenvalue weighted by atomic mass is 32.1. The second-order valence-electron chi connectivity index (χ2n) is 10.1. The molecule has 2 aliphatic heterocycles. The Bertz CT molecular complexity index is 963. The van der Waals surface area contributed by atoms with Crippen molar-refractivity contribution in [1.29, 1.82) is 0 Å². The highest BCUT2D eigenvalue weighted by Crippen LogP contribution is 2.54. The first-order valence-electron chi connectivity index (χ1n) is 10.9. The Hall–Kier alpha value is -1.98. The third-order valence-electron chi connectivity index (χ3n) is 7.09. The lowest BCUT2D eigenvalue weighted by Crippen LogP contribution is -2.52. The van der Waals surface area contributed by atoms with Crippen LogP contribution in [0.5, 0.6) is 0 Å². The summed E-state index contributed by atoms with van der Waals surface area (Å²) in [4.78, 5) is 22.1. The number of aliphatic imine (C=N–C) groups is 1. The number of carbonyl (C=O) groups excluding carboxylic acids is 1. The van der Waals surface area contributed by atoms with Crippen LogP contribution in [0.15, 0.2) is 52.8 Å². The molecule has 1 aromatic carbocycles. The average molecular weight is 423 g/mol. The van der Waals surface area contributed by atoms with Gasteiger partial charge in [0.2, 0.25) is 5.91 Å². The summed E-state index contributed by atoms with van der Waals surface area (Å²) in [6.45, 7) is 9.34. The van der Waals surface area contributed by atoms with Crippen LogP contribution < -0.4 is 0 Å². The Morgan fingerprint density at radius 1 is 1.17 bits per heavy atom. The van der Waals surface area contributed by atoms with Gasteiger partial charge in [0, 0.05) is 22.6 Å². The van der Waals surface area contributed by atoms with Crippen molar-refractivity contribution in [1.82, 2.24) is 4.90 Å². The predicted molar refractivity (Wildman–Crippen MR) is 120 cm³/mol. The summed E-state index contributed by atoms with van der Waals surface area (Å²) < 4.78 is 6.76. The molecule has 1 unspecified atom stereocenters. The zero-order valence-electron chi connectivity index (χ0n) is 18.2. The van der Waals surface area contributed by atoms with Crippen LogP contribution in [0.4, 0.5) is 0 Å². The maximum absolute atomic E-state index is 13.7. The van der Waals surface area contributed by atoms with E-state index in [1.807, 2.05) is 11.0 Å². The van der Waals surface area contributed by atoms with Gasteiger partial charge in [-0.05, 0) is 35.3 Å². The van der Waals surface area contributed by atoms with Gasteiger partial charge in [0.1, 0.15) is 0 Å². The van der Waals surface area contributed by atoms with E-state index < -0.39 is 5.72 Å². The fourth-order valence-electron chi connectivity index (χ4n) is 5.33. The molecule has 158 valence electrons. The minimum absolute atomic E-state index is 0.0402. The molecule has 2 aromatic rings. The Kier molecular flexibility index (Phi) is 4.67. The van der Waals surface area contributed by atoms with Crippen LogP contribution in [-0.2, 0) is 16.1 Å². The van der Waals surface area contributed by atoms with E-state index in [4.69, 9.17) is 9.73 Å². The number of nitrogens with zero attached hydrogens (tertiary/aromatic N) is 2. The first kappa shape index (κ1) is 20.0. The van der Waals surface area contributed by atoms with Gasteiger partial charge in [-0.25, -0.2) is 0 Å². The van der Waals surface area contributed by atoms with Gasteiger partial charge >= 0.3 is 0 Å². The summed E-state index contributed by atoms with van der Waals surface area (Å²) >= 11 is 1.70. The molecule has 0 N–H and O–H groups in total. The molecule has 1 saturated heterocycles. The minimum Gasteiger partial charge on any atom is -0.324 e. The number of thiophene rings is 1. The summed E-state index contributed by atoms with van der Waals surface area (Å²) in [7, 11) is 0. The molecule has 5 heteroatoms. The predicted octanol–water partition coefficient (Wildman–Crippen LogP) is 5.46. The fourth-order valence-corrected chi connectivity index (χ4v) is 6.03. The van der Waals surface area contributed by atoms with E-state index in [9.17, 15) is 4.79 Å². The first-order valence-corrected chi connectivity index (χ1v) is 11.8. The minimum atomic E-state index is -0.693. The SMILES string of the molecule is C[C@H]1C2C[C@@]3(O[C@H](C(C)(C)C)N=C3C[C@@H]1c1ccccc1)N(Cc1cccs1)C2=O. The second kappa shape index (κ2) is 7.03. The van der Waals surface area contributed by atoms with Gasteiger partial charge in [0.25, 0.3) is 0 Å². The molecule has 2 fully saturated rings. The number of likely N-dealkylation sites (tertiary alicyclic amines) is 1. The Balaban J connectivity index is 1.59. The van der Waals surface area contributed by atoms with Crippen molar-refractivity contribution >= 4 is 23.0 Å². The van der Waals surface area contributed by atoms with Crippen LogP contribution in [0.2, 0.25) is 0 Å². The lowest BCUT2D eigenvalue weighted by Gasteiger charge is -2.38. The summed E-state index contributed by atoms with van der Waals surface area (Å²) in [5.74, 6) is 0.711. The van der Waals surface area contributed by atoms with E-state index in [1.54, 1.807) is 11.3 Å². The van der Waals surface area contributed by atoms with E-state index in [0.29, 0.717) is 13.0 Å². The van der Waals surface area contributed by atoms with Crippen molar-refractivity contribution in [3.8, 4) is 0 Å². The second-order valence-corrected chi connectivity index (χ2v) is 11.1. The van der Waals surface area contributed by atoms with E-state index in [-0.39, 0.29) is 35.3 Å². The van der Waals surface area contributed by atoms with Crippen LogP contribution in [0.25, 0.3) is 0 Å². The number of benzene rings is 1. The van der Waals surface area contributed by atoms with Gasteiger partial charge in [-0.3, -0.25) is 9.79 Å². The Labute approximate surface area is 183 Å². The first-order chi connectivity index (χ1) is 14.3. The number of hydrogen-bond donors (Lipinski definition) is 0. The van der Waals surface area contributed by atoms with Crippen LogP contribution >= 0.6 is 11.3 Å². The van der Waals surface area contributed by atoms with E-state index in [2.05, 4.69) is 69.5 Å². The van der Waals surface area contributed by atoms with Gasteiger partial charge in [0.15, 0.2) is 12.0 Å². The molecule has 3 heterocycles. The number of ether oxygens (including phenoxy) is 1. The summed E-state index contributed by atoms with van der Waals surface area (Å²) in [6, 6.07) is 14.8. The number of rotatable bonds is 3. The third-order valence-corrected chi connectivity index (χ3v) is 7.95. The van der Waals surface area contributed by atoms with Gasteiger partial charge in [-0.15, -0.1) is 11.3 Å². The molecule has 1 aromatic heterocycles. The highest BCUT2D eigenvalue weighted by molar-refractivity contribution is 7.09. The van der Waals surface area contributed by atoms with Crippen molar-refractivity contribution < 1.29 is 9.53 Å². The monoisotopic (exact) mass is 422 g/mol. The van der Waals surface area contributed by atoms with Crippen LogP contribution in [0.1, 0.15) is 56.9 Å². The lowest BCUT2D eigenvalue weighted by molar-refractivity contribution is -0.158. The Morgan fingerprint density at radius 2 is 1.93 bits per heavy atom. The molecule has 30 heavy (non-hydrogen) atoms. The molecule has 1 saturated carbocycles. The lowest BCUT2D eigenvalue weighted by atomic mass is 9.78. The molecule has 0 radical (unpaired) electrons. The summed E-state index contributed by atoms with van der Waals surface area (Å²) in [6.07, 6.45) is 1.34. The molecule has 1 amide bonds. The van der Waals surface area contributed by atoms with Crippen molar-refractivity contribution in [3.63, 3.8) is 0 Å². The summed E-state index contributed by atoms with van der Waals surface area (Å²) in [5, 5.41) is 2.07. The molecule has 5 atom stereocenters. The molecule has 5 rings (SSSR count). The molecule has 4 nitrogen and oxygen atoms in total. The molecule has 2 bridgehead atoms. The maximum Gasteiger partial charge on any atom is 0.229 e. The Morgan fingerprint density at radius 3 is 2.60 bits per heavy atom. The van der Waals surface area contributed by atoms with Gasteiger partial charge in [0.05, 0.1) is 12.3 Å². The standard InChI is InChI=1S/C25H30N2O2S/c1-16-19(17-9-6-5-7-10-17)13-21-25(29-23(26-21)24(2,3)4)14-20(16)22(28)27(25)15-18-11-8-12-30-18/h5-12,16,19-20,23H,13-15H2,1-4H3/t16-,19+,20?,23-,25+/m1/s1. The number of amides is 1. The molecule has 3 aliphatic rings. The smallest absolute Gasteiger partial charge is 0.229 e. The van der Waals surface area contributed by atoms with Crippen molar-refractivity contribution in [2.45, 2.75) is 65.0 Å². The number of fused-ring (bicyclic) bond motifs is 1. The third kappa shape index (κ3) is 3.05. The fraction of sp³-hybridized carbons (Fsp3) is 0.520. The van der Waals surface area contributed by atoms with E-state index in [0.717, 1.165) is 12.1 Å². The topological polar surface area (TPSA) is 41.9 Å². The maximum atomic E-state index is 13.7. The molecular formula is C25H30N2O2S. The zero-order valence-corrected chi connectivity index (χ0v) is 19.0. The van der Waals surface area contributed by atoms with Crippen molar-refractivity contribution in [2.75, 3.05) is 0 Å². The molecule has 1 aliphatic carbocycles. The quantitative estimate of drug-likeness (QED) is 0.659. The normalized spacial score (nSPS) is 33.4. The van der Waals surface area contributed by atoms with Gasteiger partial charge < -0.3 is 9.64 Å². The number of carbonyl (C=O) groups is 1. The van der Waals surface area contributed by atoms with Crippen molar-refractivity contribution in [3.05, 3.63) is 58.3 Å². The zero-order chi connectivity index (χ0) is 21.1. The van der Waals surface area contributed by atoms with E-state index >= 15 is 0 Å². The molecular weight excluding hydrogens is 392 g/mol. The van der Waals surface area contributed by atoms with Crippen LogP contribution in [0, 0.1) is 17.3 Å². The van der Waals surface area contributed by atoms with Gasteiger partial charge in [-0.1, -0.05) is 64.1 Å². The van der Waals surface area contributed by atoms with Gasteiger partial charge in [-0.2, -0.15) is 0 Å². The average Bonchev–Trinajstić information content (AvgIpc) is 3.40. The van der Waals surface area contributed by atoms with Crippen LogP contribution in [0.3, 0.4) is 0 Å². The highest BCUT2D eigenvalue weighted by Gasteiger charge is 2.63. The van der Waals surface area contributed by atoms with Crippen LogP contribution in [-0.4, -0.2) is 28.5 Å². The summed E-state index contributed by atoms with van der Waals surface area (Å²) in [5.41, 5.74) is 1.55. The number of hydrogen-bond acceptors (Lipinski definition) is 4. The van der Waals surface area contributed by atoms with E-state index in [1.165, 1.54) is 10.4 Å². The molecule has 1 spiro atoms. The largest absolute Gasteiger partial charge is 0.324 e. The van der Waals surface area contributed by atoms with Crippen molar-refractivity contribution in [2.24, 2.45) is 22.2 Å².